The molecule has 0 atom stereocenters. The molecule has 24 heavy (non-hydrogen) atoms. The molecular weight excluding hydrogens is 326 g/mol. The molecule has 0 bridgehead atoms. The Balaban J connectivity index is 2.00. The molecule has 0 aromatic heterocycles. The molecule has 3 rings (SSSR count). The zero-order valence-electron chi connectivity index (χ0n) is 12.7. The molecule has 6 nitrogen and oxygen atoms in total. The van der Waals surface area contributed by atoms with Crippen molar-refractivity contribution in [2.24, 2.45) is 0 Å². The predicted octanol–water partition coefficient (Wildman–Crippen LogP) is 3.20. The minimum absolute atomic E-state index is 0.0278. The lowest BCUT2D eigenvalue weighted by molar-refractivity contribution is -0.384. The van der Waals surface area contributed by atoms with Gasteiger partial charge in [-0.1, -0.05) is 30.3 Å². The molecule has 0 N–H and O–H groups in total. The van der Waals surface area contributed by atoms with Crippen LogP contribution >= 0.6 is 12.2 Å². The smallest absolute Gasteiger partial charge is 0.281 e. The minimum Gasteiger partial charge on any atom is -0.317 e. The van der Waals surface area contributed by atoms with Gasteiger partial charge in [-0.15, -0.1) is 0 Å². The number of thiocarbonyl (C=S) groups is 1. The van der Waals surface area contributed by atoms with Gasteiger partial charge in [0.25, 0.3) is 11.6 Å². The third-order valence-corrected chi connectivity index (χ3v) is 4.12. The monoisotopic (exact) mass is 339 g/mol. The van der Waals surface area contributed by atoms with E-state index in [-0.39, 0.29) is 11.6 Å². The molecular formula is C17H13N3O3S. The Hall–Kier alpha value is -3.06. The quantitative estimate of drug-likeness (QED) is 0.372. The van der Waals surface area contributed by atoms with E-state index in [1.807, 2.05) is 18.2 Å². The number of anilines is 1. The fourth-order valence-corrected chi connectivity index (χ4v) is 2.73. The average molecular weight is 339 g/mol. The fourth-order valence-electron chi connectivity index (χ4n) is 2.45. The van der Waals surface area contributed by atoms with Gasteiger partial charge in [-0.25, -0.2) is 0 Å². The number of nitrogens with zero attached hydrogens (tertiary/aromatic N) is 3. The maximum Gasteiger partial charge on any atom is 0.281 e. The molecule has 2 aromatic carbocycles. The van der Waals surface area contributed by atoms with Crippen LogP contribution in [0.3, 0.4) is 0 Å². The van der Waals surface area contributed by atoms with E-state index >= 15 is 0 Å². The highest BCUT2D eigenvalue weighted by atomic mass is 32.1. The van der Waals surface area contributed by atoms with Gasteiger partial charge in [-0.2, -0.15) is 0 Å². The maximum absolute atomic E-state index is 12.7. The molecule has 0 aliphatic carbocycles. The molecule has 7 heteroatoms. The first-order valence-electron chi connectivity index (χ1n) is 7.12. The Morgan fingerprint density at radius 2 is 1.83 bits per heavy atom. The molecule has 1 aliphatic heterocycles. The van der Waals surface area contributed by atoms with Crippen LogP contribution in [0, 0.1) is 10.1 Å². The van der Waals surface area contributed by atoms with Crippen molar-refractivity contribution in [1.29, 1.82) is 0 Å². The van der Waals surface area contributed by atoms with Gasteiger partial charge in [0.1, 0.15) is 5.70 Å². The molecule has 1 heterocycles. The number of rotatable bonds is 3. The summed E-state index contributed by atoms with van der Waals surface area (Å²) in [4.78, 5) is 26.2. The van der Waals surface area contributed by atoms with Crippen molar-refractivity contribution in [2.45, 2.75) is 0 Å². The van der Waals surface area contributed by atoms with Crippen LogP contribution in [0.1, 0.15) is 5.56 Å². The summed E-state index contributed by atoms with van der Waals surface area (Å²) in [5.74, 6) is -0.264. The van der Waals surface area contributed by atoms with E-state index in [1.165, 1.54) is 17.0 Å². The fraction of sp³-hybridized carbons (Fsp3) is 0.0588. The first-order valence-corrected chi connectivity index (χ1v) is 7.53. The van der Waals surface area contributed by atoms with Gasteiger partial charge < -0.3 is 4.90 Å². The van der Waals surface area contributed by atoms with E-state index in [2.05, 4.69) is 0 Å². The Morgan fingerprint density at radius 1 is 1.12 bits per heavy atom. The highest BCUT2D eigenvalue weighted by molar-refractivity contribution is 7.80. The van der Waals surface area contributed by atoms with E-state index in [1.54, 1.807) is 42.3 Å². The van der Waals surface area contributed by atoms with Gasteiger partial charge >= 0.3 is 0 Å². The summed E-state index contributed by atoms with van der Waals surface area (Å²) in [6, 6.07) is 15.2. The number of amides is 1. The van der Waals surface area contributed by atoms with Gasteiger partial charge in [-0.05, 0) is 36.0 Å². The lowest BCUT2D eigenvalue weighted by Gasteiger charge is -2.16. The Morgan fingerprint density at radius 3 is 2.50 bits per heavy atom. The summed E-state index contributed by atoms with van der Waals surface area (Å²) in [6.07, 6.45) is 1.60. The molecule has 0 saturated carbocycles. The highest BCUT2D eigenvalue weighted by Gasteiger charge is 2.36. The summed E-state index contributed by atoms with van der Waals surface area (Å²) in [5.41, 5.74) is 1.59. The number of hydrogen-bond donors (Lipinski definition) is 0. The summed E-state index contributed by atoms with van der Waals surface area (Å²) in [7, 11) is 1.70. The molecule has 2 aromatic rings. The van der Waals surface area contributed by atoms with Crippen molar-refractivity contribution in [3.05, 3.63) is 76.0 Å². The zero-order valence-corrected chi connectivity index (χ0v) is 13.6. The van der Waals surface area contributed by atoms with Crippen LogP contribution in [-0.4, -0.2) is 27.9 Å². The van der Waals surface area contributed by atoms with Crippen molar-refractivity contribution in [3.63, 3.8) is 0 Å². The van der Waals surface area contributed by atoms with Crippen molar-refractivity contribution >= 4 is 40.7 Å². The number of benzene rings is 2. The van der Waals surface area contributed by atoms with Crippen LogP contribution in [0.2, 0.25) is 0 Å². The van der Waals surface area contributed by atoms with Crippen molar-refractivity contribution in [2.75, 3.05) is 11.9 Å². The first-order chi connectivity index (χ1) is 11.5. The number of hydrogen-bond acceptors (Lipinski definition) is 4. The topological polar surface area (TPSA) is 66.7 Å². The van der Waals surface area contributed by atoms with E-state index < -0.39 is 4.92 Å². The van der Waals surface area contributed by atoms with Crippen LogP contribution in [0.5, 0.6) is 0 Å². The summed E-state index contributed by atoms with van der Waals surface area (Å²) in [6.45, 7) is 0. The van der Waals surface area contributed by atoms with Crippen LogP contribution in [0.25, 0.3) is 6.08 Å². The molecule has 0 spiro atoms. The molecule has 1 saturated heterocycles. The van der Waals surface area contributed by atoms with E-state index in [0.717, 1.165) is 0 Å². The Kier molecular flexibility index (Phi) is 4.09. The number of nitro groups is 1. The van der Waals surface area contributed by atoms with Crippen molar-refractivity contribution in [1.82, 2.24) is 4.90 Å². The number of nitro benzene ring substituents is 1. The van der Waals surface area contributed by atoms with E-state index in [9.17, 15) is 14.9 Å². The normalized spacial score (nSPS) is 16.1. The molecule has 1 amide bonds. The van der Waals surface area contributed by atoms with Gasteiger partial charge in [0, 0.05) is 19.2 Å². The first kappa shape index (κ1) is 15.8. The second-order valence-corrected chi connectivity index (χ2v) is 5.56. The van der Waals surface area contributed by atoms with Gasteiger partial charge in [0.2, 0.25) is 0 Å². The second kappa shape index (κ2) is 6.21. The third kappa shape index (κ3) is 2.77. The van der Waals surface area contributed by atoms with Crippen LogP contribution < -0.4 is 4.90 Å². The van der Waals surface area contributed by atoms with Gasteiger partial charge in [-0.3, -0.25) is 19.8 Å². The van der Waals surface area contributed by atoms with Crippen LogP contribution in [0.4, 0.5) is 11.4 Å². The predicted molar refractivity (Wildman–Crippen MR) is 95.4 cm³/mol. The summed E-state index contributed by atoms with van der Waals surface area (Å²) in [5, 5.41) is 11.3. The lowest BCUT2D eigenvalue weighted by Crippen LogP contribution is -2.30. The van der Waals surface area contributed by atoms with Crippen LogP contribution in [0.15, 0.2) is 60.3 Å². The number of carbonyl (C=O) groups is 1. The SMILES string of the molecule is CN1C(=S)N(c2ccccc2)C(=O)/C1=C/c1cccc([N+](=O)[O-])c1. The molecule has 1 fully saturated rings. The number of non-ortho nitro benzene ring substituents is 1. The Labute approximate surface area is 143 Å². The molecule has 0 unspecified atom stereocenters. The highest BCUT2D eigenvalue weighted by Crippen LogP contribution is 2.28. The number of para-hydroxylation sites is 1. The second-order valence-electron chi connectivity index (χ2n) is 5.20. The lowest BCUT2D eigenvalue weighted by atomic mass is 10.1. The average Bonchev–Trinajstić information content (AvgIpc) is 2.79. The molecule has 120 valence electrons. The Bertz CT molecular complexity index is 864. The van der Waals surface area contributed by atoms with Crippen molar-refractivity contribution in [3.8, 4) is 0 Å². The largest absolute Gasteiger partial charge is 0.317 e. The maximum atomic E-state index is 12.7. The molecule has 0 radical (unpaired) electrons. The number of carbonyl (C=O) groups excluding carboxylic acids is 1. The minimum atomic E-state index is -0.469. The van der Waals surface area contributed by atoms with Crippen molar-refractivity contribution < 1.29 is 9.72 Å². The van der Waals surface area contributed by atoms with E-state index in [4.69, 9.17) is 12.2 Å². The third-order valence-electron chi connectivity index (χ3n) is 3.66. The summed E-state index contributed by atoms with van der Waals surface area (Å²) >= 11 is 5.36. The van der Waals surface area contributed by atoms with Gasteiger partial charge in [0.15, 0.2) is 5.11 Å². The summed E-state index contributed by atoms with van der Waals surface area (Å²) < 4.78 is 0. The zero-order chi connectivity index (χ0) is 17.3. The van der Waals surface area contributed by atoms with E-state index in [0.29, 0.717) is 22.1 Å². The van der Waals surface area contributed by atoms with Crippen LogP contribution in [-0.2, 0) is 4.79 Å². The number of likely N-dealkylation sites (N-methyl/N-ethyl adjacent to an activating group) is 1. The molecule has 1 aliphatic rings. The van der Waals surface area contributed by atoms with Gasteiger partial charge in [0.05, 0.1) is 10.6 Å². The standard InChI is InChI=1S/C17H13N3O3S/c1-18-15(11-12-6-5-9-14(10-12)20(22)23)16(21)19(17(18)24)13-7-3-2-4-8-13/h2-11H,1H3/b15-11-.